The molecule has 23 heavy (non-hydrogen) atoms. The van der Waals surface area contributed by atoms with Gasteiger partial charge in [-0.05, 0) is 23.8 Å². The van der Waals surface area contributed by atoms with E-state index in [1.54, 1.807) is 6.20 Å². The molecule has 1 N–H and O–H groups in total. The van der Waals surface area contributed by atoms with Crippen molar-refractivity contribution in [2.45, 2.75) is 13.5 Å². The number of benzene rings is 1. The Labute approximate surface area is 134 Å². The Hall–Kier alpha value is -2.89. The molecular formula is C17H19N5O. The van der Waals surface area contributed by atoms with Crippen molar-refractivity contribution in [1.82, 2.24) is 14.5 Å². The van der Waals surface area contributed by atoms with Gasteiger partial charge in [0.1, 0.15) is 0 Å². The van der Waals surface area contributed by atoms with Crippen LogP contribution >= 0.6 is 0 Å². The highest BCUT2D eigenvalue weighted by Gasteiger charge is 2.12. The lowest BCUT2D eigenvalue weighted by atomic mass is 10.2. The maximum absolute atomic E-state index is 11.0. The topological polar surface area (TPSA) is 63.1 Å². The summed E-state index contributed by atoms with van der Waals surface area (Å²) in [4.78, 5) is 21.9. The van der Waals surface area contributed by atoms with E-state index in [-0.39, 0.29) is 5.91 Å². The lowest BCUT2D eigenvalue weighted by molar-refractivity contribution is -0.114. The van der Waals surface area contributed by atoms with Crippen LogP contribution in [0.5, 0.6) is 0 Å². The second-order valence-electron chi connectivity index (χ2n) is 5.57. The Morgan fingerprint density at radius 2 is 2.00 bits per heavy atom. The van der Waals surface area contributed by atoms with Gasteiger partial charge in [0.2, 0.25) is 11.9 Å². The number of imidazole rings is 1. The molecule has 6 heteroatoms. The number of amides is 1. The second-order valence-corrected chi connectivity index (χ2v) is 5.57. The fraction of sp³-hybridized carbons (Fsp3) is 0.235. The van der Waals surface area contributed by atoms with E-state index >= 15 is 0 Å². The van der Waals surface area contributed by atoms with E-state index in [1.165, 1.54) is 6.92 Å². The summed E-state index contributed by atoms with van der Waals surface area (Å²) < 4.78 is 2.04. The van der Waals surface area contributed by atoms with Crippen molar-refractivity contribution in [2.24, 2.45) is 7.05 Å². The van der Waals surface area contributed by atoms with Crippen molar-refractivity contribution >= 4 is 28.6 Å². The molecule has 0 unspecified atom stereocenters. The Bertz CT molecular complexity index is 838. The van der Waals surface area contributed by atoms with Crippen LogP contribution in [0.4, 0.5) is 11.6 Å². The quantitative estimate of drug-likeness (QED) is 0.804. The van der Waals surface area contributed by atoms with Crippen molar-refractivity contribution in [3.8, 4) is 0 Å². The maximum atomic E-state index is 11.0. The van der Waals surface area contributed by atoms with Crippen LogP contribution in [0.2, 0.25) is 0 Å². The molecule has 0 spiro atoms. The first kappa shape index (κ1) is 15.0. The van der Waals surface area contributed by atoms with Crippen LogP contribution in [0.15, 0.2) is 42.7 Å². The molecule has 0 fully saturated rings. The molecule has 118 valence electrons. The molecule has 0 atom stereocenters. The zero-order valence-electron chi connectivity index (χ0n) is 13.4. The molecule has 0 saturated carbocycles. The summed E-state index contributed by atoms with van der Waals surface area (Å²) in [6.07, 6.45) is 3.57. The van der Waals surface area contributed by atoms with E-state index in [4.69, 9.17) is 0 Å². The zero-order chi connectivity index (χ0) is 16.4. The molecule has 6 nitrogen and oxygen atoms in total. The SMILES string of the molecule is CC(=O)Nc1ccc(CN(C)c2nc3ccncc3n2C)cc1. The van der Waals surface area contributed by atoms with Gasteiger partial charge >= 0.3 is 0 Å². The van der Waals surface area contributed by atoms with Crippen LogP contribution in [-0.2, 0) is 18.4 Å². The van der Waals surface area contributed by atoms with Gasteiger partial charge in [-0.15, -0.1) is 0 Å². The highest BCUT2D eigenvalue weighted by molar-refractivity contribution is 5.88. The average molecular weight is 309 g/mol. The molecule has 0 aliphatic heterocycles. The number of nitrogens with zero attached hydrogens (tertiary/aromatic N) is 4. The standard InChI is InChI=1S/C17H19N5O/c1-12(23)19-14-6-4-13(5-7-14)11-21(2)17-20-15-8-9-18-10-16(15)22(17)3/h4-10H,11H2,1-3H3,(H,19,23). The molecule has 2 heterocycles. The number of carbonyl (C=O) groups is 1. The molecule has 0 bridgehead atoms. The van der Waals surface area contributed by atoms with E-state index < -0.39 is 0 Å². The molecule has 1 amide bonds. The van der Waals surface area contributed by atoms with E-state index in [2.05, 4.69) is 20.2 Å². The van der Waals surface area contributed by atoms with Gasteiger partial charge in [-0.1, -0.05) is 12.1 Å². The maximum Gasteiger partial charge on any atom is 0.221 e. The summed E-state index contributed by atoms with van der Waals surface area (Å²) in [5, 5.41) is 2.77. The van der Waals surface area contributed by atoms with Gasteiger partial charge in [-0.2, -0.15) is 0 Å². The third-order valence-electron chi connectivity index (χ3n) is 3.70. The third-order valence-corrected chi connectivity index (χ3v) is 3.70. The largest absolute Gasteiger partial charge is 0.341 e. The average Bonchev–Trinajstić information content (AvgIpc) is 2.86. The Balaban J connectivity index is 1.79. The number of rotatable bonds is 4. The second kappa shape index (κ2) is 6.08. The first-order valence-electron chi connectivity index (χ1n) is 7.38. The minimum Gasteiger partial charge on any atom is -0.341 e. The number of hydrogen-bond acceptors (Lipinski definition) is 4. The molecule has 2 aromatic heterocycles. The molecule has 3 aromatic rings. The van der Waals surface area contributed by atoms with Crippen LogP contribution in [0.1, 0.15) is 12.5 Å². The van der Waals surface area contributed by atoms with Crippen molar-refractivity contribution in [1.29, 1.82) is 0 Å². The highest BCUT2D eigenvalue weighted by atomic mass is 16.1. The lowest BCUT2D eigenvalue weighted by Crippen LogP contribution is -2.20. The molecule has 0 aliphatic rings. The molecule has 1 aromatic carbocycles. The molecular weight excluding hydrogens is 290 g/mol. The lowest BCUT2D eigenvalue weighted by Gasteiger charge is -2.18. The third kappa shape index (κ3) is 3.15. The Morgan fingerprint density at radius 3 is 2.65 bits per heavy atom. The van der Waals surface area contributed by atoms with Gasteiger partial charge in [-0.3, -0.25) is 9.78 Å². The van der Waals surface area contributed by atoms with Gasteiger partial charge in [0.25, 0.3) is 0 Å². The first-order valence-corrected chi connectivity index (χ1v) is 7.38. The van der Waals surface area contributed by atoms with Gasteiger partial charge in [-0.25, -0.2) is 4.98 Å². The fourth-order valence-corrected chi connectivity index (χ4v) is 2.60. The monoisotopic (exact) mass is 309 g/mol. The molecule has 0 radical (unpaired) electrons. The van der Waals surface area contributed by atoms with Crippen molar-refractivity contribution < 1.29 is 4.79 Å². The number of hydrogen-bond donors (Lipinski definition) is 1. The van der Waals surface area contributed by atoms with Gasteiger partial charge in [0.05, 0.1) is 17.2 Å². The number of anilines is 2. The van der Waals surface area contributed by atoms with Crippen LogP contribution in [0, 0.1) is 0 Å². The number of aryl methyl sites for hydroxylation is 1. The zero-order valence-corrected chi connectivity index (χ0v) is 13.4. The van der Waals surface area contributed by atoms with Crippen LogP contribution in [0.25, 0.3) is 11.0 Å². The van der Waals surface area contributed by atoms with E-state index in [9.17, 15) is 4.79 Å². The first-order chi connectivity index (χ1) is 11.0. The summed E-state index contributed by atoms with van der Waals surface area (Å²) >= 11 is 0. The normalized spacial score (nSPS) is 10.7. The van der Waals surface area contributed by atoms with Crippen molar-refractivity contribution in [3.63, 3.8) is 0 Å². The van der Waals surface area contributed by atoms with Crippen LogP contribution in [0.3, 0.4) is 0 Å². The summed E-state index contributed by atoms with van der Waals surface area (Å²) in [5.41, 5.74) is 3.89. The number of aromatic nitrogens is 3. The van der Waals surface area contributed by atoms with Gasteiger partial charge in [0.15, 0.2) is 0 Å². The number of pyridine rings is 1. The van der Waals surface area contributed by atoms with E-state index in [1.807, 2.05) is 55.2 Å². The summed E-state index contributed by atoms with van der Waals surface area (Å²) in [5.74, 6) is 0.821. The Morgan fingerprint density at radius 1 is 1.26 bits per heavy atom. The summed E-state index contributed by atoms with van der Waals surface area (Å²) in [6.45, 7) is 2.23. The summed E-state index contributed by atoms with van der Waals surface area (Å²) in [6, 6.07) is 9.74. The predicted octanol–water partition coefficient (Wildman–Crippen LogP) is 2.56. The van der Waals surface area contributed by atoms with E-state index in [0.717, 1.165) is 34.8 Å². The minimum absolute atomic E-state index is 0.0665. The molecule has 0 saturated heterocycles. The fourth-order valence-electron chi connectivity index (χ4n) is 2.60. The van der Waals surface area contributed by atoms with Crippen molar-refractivity contribution in [3.05, 3.63) is 48.3 Å². The minimum atomic E-state index is -0.0665. The van der Waals surface area contributed by atoms with Gasteiger partial charge < -0.3 is 14.8 Å². The van der Waals surface area contributed by atoms with Crippen LogP contribution in [-0.4, -0.2) is 27.5 Å². The molecule has 0 aliphatic carbocycles. The number of nitrogens with one attached hydrogen (secondary N) is 1. The Kier molecular flexibility index (Phi) is 3.97. The highest BCUT2D eigenvalue weighted by Crippen LogP contribution is 2.21. The number of fused-ring (bicyclic) bond motifs is 1. The van der Waals surface area contributed by atoms with Crippen LogP contribution < -0.4 is 10.2 Å². The molecule has 3 rings (SSSR count). The smallest absolute Gasteiger partial charge is 0.221 e. The summed E-state index contributed by atoms with van der Waals surface area (Å²) in [7, 11) is 4.00. The number of carbonyl (C=O) groups excluding carboxylic acids is 1. The van der Waals surface area contributed by atoms with E-state index in [0.29, 0.717) is 0 Å². The van der Waals surface area contributed by atoms with Gasteiger partial charge in [0, 0.05) is 39.4 Å². The predicted molar refractivity (Wildman–Crippen MR) is 91.4 cm³/mol. The van der Waals surface area contributed by atoms with Crippen molar-refractivity contribution in [2.75, 3.05) is 17.3 Å².